The van der Waals surface area contributed by atoms with Gasteiger partial charge in [-0.05, 0) is 51.2 Å². The summed E-state index contributed by atoms with van der Waals surface area (Å²) in [6, 6.07) is 6.43. The molecule has 2 N–H and O–H groups in total. The van der Waals surface area contributed by atoms with Crippen molar-refractivity contribution in [1.29, 1.82) is 0 Å². The molecule has 2 aromatic rings. The Bertz CT molecular complexity index is 825. The van der Waals surface area contributed by atoms with Crippen LogP contribution in [0.3, 0.4) is 0 Å². The van der Waals surface area contributed by atoms with Crippen LogP contribution in [0.4, 0.5) is 5.69 Å². The van der Waals surface area contributed by atoms with Gasteiger partial charge >= 0.3 is 0 Å². The molecular weight excluding hydrogens is 358 g/mol. The zero-order valence-corrected chi connectivity index (χ0v) is 16.3. The Balaban J connectivity index is 0.000000706. The van der Waals surface area contributed by atoms with E-state index in [1.807, 2.05) is 24.7 Å². The molecule has 4 rings (SSSR count). The number of nitrogens with zero attached hydrogens (tertiary/aromatic N) is 2. The van der Waals surface area contributed by atoms with Gasteiger partial charge in [-0.3, -0.25) is 9.59 Å². The van der Waals surface area contributed by atoms with E-state index in [1.54, 1.807) is 0 Å². The zero-order chi connectivity index (χ0) is 20.1. The van der Waals surface area contributed by atoms with Crippen LogP contribution in [0.15, 0.2) is 30.7 Å². The maximum atomic E-state index is 12.3. The first-order valence-corrected chi connectivity index (χ1v) is 9.73. The van der Waals surface area contributed by atoms with E-state index in [9.17, 15) is 4.79 Å². The van der Waals surface area contributed by atoms with Crippen molar-refractivity contribution in [1.82, 2.24) is 9.55 Å². The Morgan fingerprint density at radius 3 is 2.71 bits per heavy atom. The molecule has 1 aromatic carbocycles. The summed E-state index contributed by atoms with van der Waals surface area (Å²) in [7, 11) is 0. The Hall–Kier alpha value is -2.83. The Labute approximate surface area is 164 Å². The largest absolute Gasteiger partial charge is 0.490 e. The molecule has 1 aromatic heterocycles. The van der Waals surface area contributed by atoms with Crippen LogP contribution < -0.4 is 10.1 Å². The minimum Gasteiger partial charge on any atom is -0.490 e. The van der Waals surface area contributed by atoms with Crippen LogP contribution in [0.2, 0.25) is 0 Å². The Morgan fingerprint density at radius 2 is 2.04 bits per heavy atom. The van der Waals surface area contributed by atoms with E-state index in [1.165, 1.54) is 12.8 Å². The van der Waals surface area contributed by atoms with Crippen molar-refractivity contribution in [3.8, 4) is 5.75 Å². The number of rotatable bonds is 4. The predicted molar refractivity (Wildman–Crippen MR) is 106 cm³/mol. The first kappa shape index (κ1) is 19.9. The topological polar surface area (TPSA) is 93.5 Å². The smallest absolute Gasteiger partial charge is 0.290 e. The zero-order valence-electron chi connectivity index (χ0n) is 16.3. The first-order chi connectivity index (χ1) is 13.5. The van der Waals surface area contributed by atoms with Crippen molar-refractivity contribution in [3.63, 3.8) is 0 Å². The van der Waals surface area contributed by atoms with Crippen molar-refractivity contribution in [2.75, 3.05) is 5.32 Å². The fourth-order valence-corrected chi connectivity index (χ4v) is 4.00. The van der Waals surface area contributed by atoms with Gasteiger partial charge in [-0.1, -0.05) is 6.07 Å². The average molecular weight is 385 g/mol. The molecular formula is C21H27N3O4. The van der Waals surface area contributed by atoms with Crippen LogP contribution >= 0.6 is 0 Å². The highest BCUT2D eigenvalue weighted by Crippen LogP contribution is 2.39. The molecule has 1 unspecified atom stereocenters. The fraction of sp³-hybridized carbons (Fsp3) is 0.476. The van der Waals surface area contributed by atoms with Gasteiger partial charge in [0.05, 0.1) is 12.4 Å². The van der Waals surface area contributed by atoms with Crippen LogP contribution in [-0.2, 0) is 9.59 Å². The number of hydrogen-bond acceptors (Lipinski definition) is 4. The number of nitrogens with one attached hydrogen (secondary N) is 1. The van der Waals surface area contributed by atoms with Crippen molar-refractivity contribution in [3.05, 3.63) is 42.0 Å². The number of ether oxygens (including phenoxy) is 1. The van der Waals surface area contributed by atoms with E-state index in [0.717, 1.165) is 35.5 Å². The van der Waals surface area contributed by atoms with Crippen LogP contribution in [0.25, 0.3) is 0 Å². The highest BCUT2D eigenvalue weighted by Gasteiger charge is 2.29. The van der Waals surface area contributed by atoms with Gasteiger partial charge in [0.1, 0.15) is 5.75 Å². The van der Waals surface area contributed by atoms with E-state index in [2.05, 4.69) is 34.8 Å². The molecule has 1 saturated carbocycles. The minimum atomic E-state index is -0.250. The average Bonchev–Trinajstić information content (AvgIpc) is 3.33. The summed E-state index contributed by atoms with van der Waals surface area (Å²) in [6.07, 6.45) is 9.24. The van der Waals surface area contributed by atoms with Crippen molar-refractivity contribution in [2.45, 2.75) is 64.0 Å². The summed E-state index contributed by atoms with van der Waals surface area (Å²) in [5.41, 5.74) is 3.10. The maximum Gasteiger partial charge on any atom is 0.290 e. The molecule has 1 fully saturated rings. The van der Waals surface area contributed by atoms with E-state index < -0.39 is 0 Å². The number of carboxylic acid groups (broad SMARTS) is 1. The van der Waals surface area contributed by atoms with Crippen molar-refractivity contribution < 1.29 is 19.4 Å². The molecule has 0 saturated heterocycles. The summed E-state index contributed by atoms with van der Waals surface area (Å²) in [5.74, 6) is 0.935. The molecule has 1 amide bonds. The molecule has 1 atom stereocenters. The third kappa shape index (κ3) is 4.35. The number of hydrogen-bond donors (Lipinski definition) is 2. The molecule has 0 spiro atoms. The molecule has 7 heteroatoms. The lowest BCUT2D eigenvalue weighted by molar-refractivity contribution is -0.123. The van der Waals surface area contributed by atoms with Crippen LogP contribution in [0.5, 0.6) is 5.75 Å². The van der Waals surface area contributed by atoms with Gasteiger partial charge in [-0.25, -0.2) is 4.98 Å². The van der Waals surface area contributed by atoms with Gasteiger partial charge in [0, 0.05) is 42.0 Å². The van der Waals surface area contributed by atoms with Gasteiger partial charge in [0.2, 0.25) is 5.91 Å². The summed E-state index contributed by atoms with van der Waals surface area (Å²) in [5, 5.41) is 9.91. The number of amides is 1. The normalized spacial score (nSPS) is 18.8. The fourth-order valence-electron chi connectivity index (χ4n) is 4.00. The molecule has 2 heterocycles. The highest BCUT2D eigenvalue weighted by molar-refractivity contribution is 5.95. The molecule has 2 aliphatic rings. The quantitative estimate of drug-likeness (QED) is 0.777. The summed E-state index contributed by atoms with van der Waals surface area (Å²) < 4.78 is 8.24. The number of carbonyl (C=O) groups is 2. The van der Waals surface area contributed by atoms with Gasteiger partial charge in [0.25, 0.3) is 6.47 Å². The van der Waals surface area contributed by atoms with Crippen LogP contribution in [0, 0.1) is 0 Å². The second kappa shape index (κ2) is 8.91. The Kier molecular flexibility index (Phi) is 6.34. The van der Waals surface area contributed by atoms with E-state index in [-0.39, 0.29) is 18.3 Å². The Morgan fingerprint density at radius 1 is 1.32 bits per heavy atom. The minimum absolute atomic E-state index is 0.0363. The standard InChI is InChI=1S/C20H25N3O2.CH2O2/c1-13(2)23-12-21-11-19(23)17-10-20(24)22-18-9-15(7-8-16(17)18)25-14-5-3-4-6-14;2-1-3/h7-9,11-14,17H,3-6,10H2,1-2H3,(H,22,24);1H,(H,2,3). The van der Waals surface area contributed by atoms with Crippen molar-refractivity contribution in [2.24, 2.45) is 0 Å². The summed E-state index contributed by atoms with van der Waals surface area (Å²) in [4.78, 5) is 25.0. The number of imidazole rings is 1. The third-order valence-corrected chi connectivity index (χ3v) is 5.28. The molecule has 7 nitrogen and oxygen atoms in total. The van der Waals surface area contributed by atoms with Crippen LogP contribution in [-0.4, -0.2) is 33.1 Å². The number of carbonyl (C=O) groups excluding carboxylic acids is 1. The van der Waals surface area contributed by atoms with E-state index in [0.29, 0.717) is 18.6 Å². The summed E-state index contributed by atoms with van der Waals surface area (Å²) in [6.45, 7) is 4.01. The van der Waals surface area contributed by atoms with Gasteiger partial charge in [-0.15, -0.1) is 0 Å². The molecule has 0 bridgehead atoms. The number of anilines is 1. The van der Waals surface area contributed by atoms with E-state index >= 15 is 0 Å². The van der Waals surface area contributed by atoms with Gasteiger partial charge in [0.15, 0.2) is 0 Å². The monoisotopic (exact) mass is 385 g/mol. The van der Waals surface area contributed by atoms with Gasteiger partial charge < -0.3 is 19.7 Å². The summed E-state index contributed by atoms with van der Waals surface area (Å²) >= 11 is 0. The highest BCUT2D eigenvalue weighted by atomic mass is 16.5. The molecule has 150 valence electrons. The number of benzene rings is 1. The molecule has 1 aliphatic carbocycles. The third-order valence-electron chi connectivity index (χ3n) is 5.28. The first-order valence-electron chi connectivity index (χ1n) is 9.73. The lowest BCUT2D eigenvalue weighted by Gasteiger charge is -2.28. The van der Waals surface area contributed by atoms with E-state index in [4.69, 9.17) is 14.6 Å². The maximum absolute atomic E-state index is 12.3. The molecule has 0 radical (unpaired) electrons. The molecule has 28 heavy (non-hydrogen) atoms. The predicted octanol–water partition coefficient (Wildman–Crippen LogP) is 3.96. The second-order valence-corrected chi connectivity index (χ2v) is 7.50. The number of fused-ring (bicyclic) bond motifs is 1. The van der Waals surface area contributed by atoms with Gasteiger partial charge in [-0.2, -0.15) is 0 Å². The second-order valence-electron chi connectivity index (χ2n) is 7.50. The lowest BCUT2D eigenvalue weighted by atomic mass is 9.88. The van der Waals surface area contributed by atoms with Crippen LogP contribution in [0.1, 0.15) is 69.2 Å². The SMILES string of the molecule is CC(C)n1cncc1C1CC(=O)Nc2cc(OC3CCCC3)ccc21.O=CO. The van der Waals surface area contributed by atoms with Crippen molar-refractivity contribution >= 4 is 18.1 Å². The lowest BCUT2D eigenvalue weighted by Crippen LogP contribution is -2.25. The molecule has 1 aliphatic heterocycles. The number of aromatic nitrogens is 2.